The third-order valence-corrected chi connectivity index (χ3v) is 7.07. The molecule has 0 heterocycles. The summed E-state index contributed by atoms with van der Waals surface area (Å²) in [6.45, 7) is 17.5. The van der Waals surface area contributed by atoms with E-state index in [4.69, 9.17) is 23.7 Å². The molecule has 0 fully saturated rings. The van der Waals surface area contributed by atoms with Crippen molar-refractivity contribution in [3.05, 3.63) is 24.3 Å². The second-order valence-electron chi connectivity index (χ2n) is 11.9. The number of rotatable bonds is 29. The molecule has 0 aromatic carbocycles. The number of unbranched alkanes of at least 4 members (excludes halogenated alkanes) is 8. The van der Waals surface area contributed by atoms with Crippen LogP contribution in [0, 0.1) is 0 Å². The van der Waals surface area contributed by atoms with E-state index >= 15 is 0 Å². The largest absolute Gasteiger partial charge is 0.458 e. The minimum atomic E-state index is -1.00. The van der Waals surface area contributed by atoms with Gasteiger partial charge in [-0.1, -0.05) is 72.0 Å². The van der Waals surface area contributed by atoms with Gasteiger partial charge in [0.15, 0.2) is 6.10 Å². The first-order valence-corrected chi connectivity index (χ1v) is 17.6. The standard InChI is InChI=1S/C35H62N4O10/c1-7-9-11-14-18-36-33(42)45-24-22-39(21-17-10-8-2)23-25-46-34(43)37-19-15-12-13-16-20-38-35(44)49-30(26-47-31(40)28(3)4)27-48-32(41)29(5)6/h30H,3,5,7-27H2,1-2,4,6H3,(H,36,42)(H,37,43)(H,38,44). The van der Waals surface area contributed by atoms with Crippen LogP contribution in [0.1, 0.15) is 98.3 Å². The maximum absolute atomic E-state index is 12.2. The van der Waals surface area contributed by atoms with E-state index in [1.54, 1.807) is 0 Å². The molecule has 0 bridgehead atoms. The van der Waals surface area contributed by atoms with Gasteiger partial charge in [-0.05, 0) is 46.1 Å². The average molecular weight is 699 g/mol. The van der Waals surface area contributed by atoms with E-state index in [2.05, 4.69) is 47.9 Å². The van der Waals surface area contributed by atoms with E-state index in [9.17, 15) is 24.0 Å². The molecule has 0 atom stereocenters. The van der Waals surface area contributed by atoms with Gasteiger partial charge in [-0.3, -0.25) is 4.90 Å². The van der Waals surface area contributed by atoms with Gasteiger partial charge in [-0.25, -0.2) is 24.0 Å². The van der Waals surface area contributed by atoms with Crippen molar-refractivity contribution in [1.82, 2.24) is 20.9 Å². The third-order valence-electron chi connectivity index (χ3n) is 7.07. The number of alkyl carbamates (subject to hydrolysis) is 3. The van der Waals surface area contributed by atoms with Gasteiger partial charge in [-0.2, -0.15) is 0 Å². The molecule has 0 aliphatic rings. The molecular weight excluding hydrogens is 636 g/mol. The van der Waals surface area contributed by atoms with Gasteiger partial charge < -0.3 is 39.6 Å². The van der Waals surface area contributed by atoms with Crippen LogP contribution in [-0.4, -0.2) is 107 Å². The van der Waals surface area contributed by atoms with Crippen molar-refractivity contribution in [1.29, 1.82) is 0 Å². The van der Waals surface area contributed by atoms with Gasteiger partial charge in [0.25, 0.3) is 0 Å². The Kier molecular flexibility index (Phi) is 27.9. The zero-order valence-electron chi connectivity index (χ0n) is 30.4. The van der Waals surface area contributed by atoms with Crippen LogP contribution >= 0.6 is 0 Å². The molecule has 0 aromatic rings. The summed E-state index contributed by atoms with van der Waals surface area (Å²) in [6, 6.07) is 0. The molecule has 0 rings (SSSR count). The lowest BCUT2D eigenvalue weighted by molar-refractivity contribution is -0.147. The summed E-state index contributed by atoms with van der Waals surface area (Å²) in [7, 11) is 0. The Bertz CT molecular complexity index is 961. The van der Waals surface area contributed by atoms with Crippen LogP contribution in [0.2, 0.25) is 0 Å². The predicted octanol–water partition coefficient (Wildman–Crippen LogP) is 5.41. The number of carbonyl (C=O) groups excluding carboxylic acids is 5. The number of carbonyl (C=O) groups is 5. The summed E-state index contributed by atoms with van der Waals surface area (Å²) in [6.07, 6.45) is 7.99. The van der Waals surface area contributed by atoms with Crippen molar-refractivity contribution in [3.63, 3.8) is 0 Å². The van der Waals surface area contributed by atoms with Gasteiger partial charge in [0.2, 0.25) is 0 Å². The van der Waals surface area contributed by atoms with Gasteiger partial charge >= 0.3 is 30.2 Å². The topological polar surface area (TPSA) is 171 Å². The molecule has 0 unspecified atom stereocenters. The number of esters is 2. The lowest BCUT2D eigenvalue weighted by Gasteiger charge is -2.22. The fourth-order valence-corrected chi connectivity index (χ4v) is 4.18. The fraction of sp³-hybridized carbons (Fsp3) is 0.743. The SMILES string of the molecule is C=C(C)C(=O)OCC(COC(=O)C(=C)C)OC(=O)NCCCCCCNC(=O)OCCN(CCCCC)CCOC(=O)NCCCCCC. The van der Waals surface area contributed by atoms with Crippen LogP contribution in [0.15, 0.2) is 24.3 Å². The number of hydrogen-bond acceptors (Lipinski definition) is 11. The summed E-state index contributed by atoms with van der Waals surface area (Å²) in [5, 5.41) is 8.16. The van der Waals surface area contributed by atoms with Gasteiger partial charge in [0.1, 0.15) is 26.4 Å². The summed E-state index contributed by atoms with van der Waals surface area (Å²) in [4.78, 5) is 61.8. The molecule has 0 aliphatic heterocycles. The molecule has 49 heavy (non-hydrogen) atoms. The molecule has 14 heteroatoms. The van der Waals surface area contributed by atoms with E-state index in [-0.39, 0.29) is 37.6 Å². The van der Waals surface area contributed by atoms with Crippen LogP contribution in [-0.2, 0) is 33.3 Å². The zero-order valence-corrected chi connectivity index (χ0v) is 30.4. The summed E-state index contributed by atoms with van der Waals surface area (Å²) in [5.41, 5.74) is 0.367. The number of amides is 3. The van der Waals surface area contributed by atoms with E-state index in [1.165, 1.54) is 13.8 Å². The maximum Gasteiger partial charge on any atom is 0.407 e. The highest BCUT2D eigenvalue weighted by Crippen LogP contribution is 2.04. The zero-order chi connectivity index (χ0) is 36.7. The van der Waals surface area contributed by atoms with E-state index < -0.39 is 36.3 Å². The lowest BCUT2D eigenvalue weighted by Crippen LogP contribution is -2.36. The summed E-state index contributed by atoms with van der Waals surface area (Å²) in [5.74, 6) is -1.30. The van der Waals surface area contributed by atoms with Crippen molar-refractivity contribution >= 4 is 30.2 Å². The number of nitrogens with zero attached hydrogens (tertiary/aromatic N) is 1. The second-order valence-corrected chi connectivity index (χ2v) is 11.9. The van der Waals surface area contributed by atoms with Crippen molar-refractivity contribution in [3.8, 4) is 0 Å². The fourth-order valence-electron chi connectivity index (χ4n) is 4.18. The Labute approximate surface area is 293 Å². The first-order valence-electron chi connectivity index (χ1n) is 17.6. The van der Waals surface area contributed by atoms with E-state index in [0.29, 0.717) is 39.1 Å². The molecule has 0 saturated heterocycles. The average Bonchev–Trinajstić information content (AvgIpc) is 3.06. The highest BCUT2D eigenvalue weighted by Gasteiger charge is 2.20. The Morgan fingerprint density at radius 2 is 0.959 bits per heavy atom. The molecule has 0 spiro atoms. The highest BCUT2D eigenvalue weighted by molar-refractivity contribution is 5.87. The van der Waals surface area contributed by atoms with Crippen LogP contribution < -0.4 is 16.0 Å². The Balaban J connectivity index is 4.18. The van der Waals surface area contributed by atoms with Crippen LogP contribution in [0.25, 0.3) is 0 Å². The number of hydrogen-bond donors (Lipinski definition) is 3. The minimum absolute atomic E-state index is 0.184. The maximum atomic E-state index is 12.2. The van der Waals surface area contributed by atoms with E-state index in [0.717, 1.165) is 70.8 Å². The summed E-state index contributed by atoms with van der Waals surface area (Å²) >= 11 is 0. The third kappa shape index (κ3) is 27.8. The van der Waals surface area contributed by atoms with Crippen LogP contribution in [0.3, 0.4) is 0 Å². The first-order chi connectivity index (χ1) is 23.5. The molecule has 0 saturated carbocycles. The highest BCUT2D eigenvalue weighted by atomic mass is 16.6. The lowest BCUT2D eigenvalue weighted by atomic mass is 10.2. The smallest absolute Gasteiger partial charge is 0.407 e. The number of ether oxygens (including phenoxy) is 5. The molecule has 0 aromatic heterocycles. The van der Waals surface area contributed by atoms with Gasteiger partial charge in [-0.15, -0.1) is 0 Å². The molecule has 282 valence electrons. The number of nitrogens with one attached hydrogen (secondary N) is 3. The summed E-state index contributed by atoms with van der Waals surface area (Å²) < 4.78 is 26.0. The Hall–Kier alpha value is -3.81. The second kappa shape index (κ2) is 30.3. The van der Waals surface area contributed by atoms with Crippen molar-refractivity contribution in [2.24, 2.45) is 0 Å². The van der Waals surface area contributed by atoms with Crippen molar-refractivity contribution < 1.29 is 47.7 Å². The van der Waals surface area contributed by atoms with Crippen molar-refractivity contribution in [2.75, 3.05) is 65.7 Å². The first kappa shape index (κ1) is 45.2. The normalized spacial score (nSPS) is 10.7. The van der Waals surface area contributed by atoms with E-state index in [1.807, 2.05) is 0 Å². The monoisotopic (exact) mass is 698 g/mol. The van der Waals surface area contributed by atoms with Crippen LogP contribution in [0.4, 0.5) is 14.4 Å². The molecule has 0 radical (unpaired) electrons. The quantitative estimate of drug-likeness (QED) is 0.0395. The molecular formula is C35H62N4O10. The van der Waals surface area contributed by atoms with Crippen molar-refractivity contribution in [2.45, 2.75) is 104 Å². The molecule has 0 aliphatic carbocycles. The molecule has 3 N–H and O–H groups in total. The van der Waals surface area contributed by atoms with Gasteiger partial charge in [0, 0.05) is 43.9 Å². The molecule has 3 amide bonds. The Morgan fingerprint density at radius 1 is 0.551 bits per heavy atom. The van der Waals surface area contributed by atoms with Gasteiger partial charge in [0.05, 0.1) is 0 Å². The Morgan fingerprint density at radius 3 is 1.39 bits per heavy atom. The van der Waals surface area contributed by atoms with Crippen LogP contribution in [0.5, 0.6) is 0 Å². The molecule has 14 nitrogen and oxygen atoms in total. The predicted molar refractivity (Wildman–Crippen MR) is 187 cm³/mol. The minimum Gasteiger partial charge on any atom is -0.458 e.